The molecule has 0 fully saturated rings. The summed E-state index contributed by atoms with van der Waals surface area (Å²) in [6, 6.07) is 7.94. The second-order valence-electron chi connectivity index (χ2n) is 4.47. The predicted molar refractivity (Wildman–Crippen MR) is 81.0 cm³/mol. The van der Waals surface area contributed by atoms with E-state index in [0.717, 1.165) is 33.7 Å². The smallest absolute Gasteiger partial charge is 0.230 e. The molecule has 0 spiro atoms. The van der Waals surface area contributed by atoms with Crippen molar-refractivity contribution >= 4 is 17.2 Å². The molecule has 4 nitrogen and oxygen atoms in total. The van der Waals surface area contributed by atoms with Crippen LogP contribution in [-0.4, -0.2) is 12.3 Å². The number of benzene rings is 1. The van der Waals surface area contributed by atoms with Crippen LogP contribution in [0.1, 0.15) is 5.56 Å². The minimum absolute atomic E-state index is 0.317. The molecule has 0 saturated heterocycles. The Kier molecular flexibility index (Phi) is 3.20. The monoisotopic (exact) mass is 286 g/mol. The first-order valence-electron chi connectivity index (χ1n) is 6.13. The standard InChI is InChI=1S/C15H14N2O2S/c1-9-3-4-10(7-12(9)18-2)13-14(17-19-15(13)16)11-5-6-20-8-11/h3-8H,16H2,1-2H3. The summed E-state index contributed by atoms with van der Waals surface area (Å²) in [5.41, 5.74) is 10.5. The molecule has 0 aliphatic heterocycles. The molecule has 2 heterocycles. The molecule has 5 heteroatoms. The van der Waals surface area contributed by atoms with Crippen molar-refractivity contribution in [3.05, 3.63) is 40.6 Å². The van der Waals surface area contributed by atoms with E-state index in [9.17, 15) is 0 Å². The number of anilines is 1. The van der Waals surface area contributed by atoms with Gasteiger partial charge in [-0.2, -0.15) is 11.3 Å². The van der Waals surface area contributed by atoms with Crippen molar-refractivity contribution in [2.75, 3.05) is 12.8 Å². The van der Waals surface area contributed by atoms with Gasteiger partial charge in [0.05, 0.1) is 12.7 Å². The fourth-order valence-corrected chi connectivity index (χ4v) is 2.79. The predicted octanol–water partition coefficient (Wildman–Crippen LogP) is 3.97. The van der Waals surface area contributed by atoms with Gasteiger partial charge in [-0.15, -0.1) is 0 Å². The third-order valence-corrected chi connectivity index (χ3v) is 3.89. The Morgan fingerprint density at radius 1 is 1.25 bits per heavy atom. The molecule has 1 aromatic carbocycles. The Labute approximate surface area is 120 Å². The quantitative estimate of drug-likeness (QED) is 0.791. The van der Waals surface area contributed by atoms with Gasteiger partial charge in [0.25, 0.3) is 0 Å². The molecule has 0 bridgehead atoms. The van der Waals surface area contributed by atoms with Crippen molar-refractivity contribution in [1.29, 1.82) is 0 Å². The number of methoxy groups -OCH3 is 1. The zero-order valence-corrected chi connectivity index (χ0v) is 12.0. The normalized spacial score (nSPS) is 10.7. The molecule has 0 amide bonds. The number of thiophene rings is 1. The molecular formula is C15H14N2O2S. The lowest BCUT2D eigenvalue weighted by molar-refractivity contribution is 0.412. The summed E-state index contributed by atoms with van der Waals surface area (Å²) < 4.78 is 10.5. The van der Waals surface area contributed by atoms with Gasteiger partial charge >= 0.3 is 0 Å². The summed E-state index contributed by atoms with van der Waals surface area (Å²) in [6.45, 7) is 2.00. The highest BCUT2D eigenvalue weighted by Gasteiger charge is 2.18. The van der Waals surface area contributed by atoms with Crippen LogP contribution in [-0.2, 0) is 0 Å². The number of aryl methyl sites for hydroxylation is 1. The van der Waals surface area contributed by atoms with E-state index in [-0.39, 0.29) is 0 Å². The number of aromatic nitrogens is 1. The highest BCUT2D eigenvalue weighted by molar-refractivity contribution is 7.08. The first kappa shape index (κ1) is 12.7. The molecule has 0 saturated carbocycles. The number of hydrogen-bond acceptors (Lipinski definition) is 5. The van der Waals surface area contributed by atoms with Gasteiger partial charge < -0.3 is 15.0 Å². The molecule has 0 aliphatic carbocycles. The van der Waals surface area contributed by atoms with E-state index in [1.54, 1.807) is 18.4 Å². The van der Waals surface area contributed by atoms with E-state index < -0.39 is 0 Å². The summed E-state index contributed by atoms with van der Waals surface area (Å²) in [5.74, 6) is 1.14. The summed E-state index contributed by atoms with van der Waals surface area (Å²) in [7, 11) is 1.66. The maximum Gasteiger partial charge on any atom is 0.230 e. The van der Waals surface area contributed by atoms with Gasteiger partial charge in [-0.05, 0) is 35.6 Å². The van der Waals surface area contributed by atoms with E-state index in [1.807, 2.05) is 41.9 Å². The third kappa shape index (κ3) is 2.06. The van der Waals surface area contributed by atoms with Gasteiger partial charge in [-0.25, -0.2) is 0 Å². The molecule has 0 atom stereocenters. The first-order valence-corrected chi connectivity index (χ1v) is 7.07. The van der Waals surface area contributed by atoms with Crippen molar-refractivity contribution in [2.45, 2.75) is 6.92 Å². The van der Waals surface area contributed by atoms with Crippen molar-refractivity contribution in [3.8, 4) is 28.1 Å². The Morgan fingerprint density at radius 2 is 2.10 bits per heavy atom. The number of ether oxygens (including phenoxy) is 1. The Hall–Kier alpha value is -2.27. The number of nitrogen functional groups attached to an aromatic ring is 1. The topological polar surface area (TPSA) is 61.3 Å². The molecular weight excluding hydrogens is 272 g/mol. The van der Waals surface area contributed by atoms with E-state index in [2.05, 4.69) is 5.16 Å². The second kappa shape index (κ2) is 5.02. The van der Waals surface area contributed by atoms with Crippen LogP contribution in [0.5, 0.6) is 5.75 Å². The van der Waals surface area contributed by atoms with E-state index in [1.165, 1.54) is 0 Å². The van der Waals surface area contributed by atoms with Crippen LogP contribution < -0.4 is 10.5 Å². The largest absolute Gasteiger partial charge is 0.496 e. The van der Waals surface area contributed by atoms with Crippen molar-refractivity contribution in [1.82, 2.24) is 5.16 Å². The van der Waals surface area contributed by atoms with Crippen LogP contribution in [0.25, 0.3) is 22.4 Å². The van der Waals surface area contributed by atoms with Crippen LogP contribution in [0.15, 0.2) is 39.5 Å². The van der Waals surface area contributed by atoms with Crippen LogP contribution in [0.3, 0.4) is 0 Å². The van der Waals surface area contributed by atoms with Gasteiger partial charge in [0.2, 0.25) is 5.88 Å². The highest BCUT2D eigenvalue weighted by atomic mass is 32.1. The van der Waals surface area contributed by atoms with E-state index in [4.69, 9.17) is 15.0 Å². The number of nitrogens with two attached hydrogens (primary N) is 1. The lowest BCUT2D eigenvalue weighted by Crippen LogP contribution is -1.91. The second-order valence-corrected chi connectivity index (χ2v) is 5.25. The highest BCUT2D eigenvalue weighted by Crippen LogP contribution is 2.38. The maximum absolute atomic E-state index is 5.94. The van der Waals surface area contributed by atoms with E-state index in [0.29, 0.717) is 5.88 Å². The van der Waals surface area contributed by atoms with Gasteiger partial charge in [-0.1, -0.05) is 17.3 Å². The zero-order chi connectivity index (χ0) is 14.1. The zero-order valence-electron chi connectivity index (χ0n) is 11.2. The molecule has 102 valence electrons. The Balaban J connectivity index is 2.17. The first-order chi connectivity index (χ1) is 9.70. The van der Waals surface area contributed by atoms with Gasteiger partial charge in [0.1, 0.15) is 11.4 Å². The lowest BCUT2D eigenvalue weighted by Gasteiger charge is -2.07. The summed E-state index contributed by atoms with van der Waals surface area (Å²) in [5, 5.41) is 8.10. The average molecular weight is 286 g/mol. The minimum Gasteiger partial charge on any atom is -0.496 e. The molecule has 0 radical (unpaired) electrons. The number of rotatable bonds is 3. The SMILES string of the molecule is COc1cc(-c2c(-c3ccsc3)noc2N)ccc1C. The molecule has 2 N–H and O–H groups in total. The Bertz CT molecular complexity index is 732. The van der Waals surface area contributed by atoms with Crippen molar-refractivity contribution in [2.24, 2.45) is 0 Å². The van der Waals surface area contributed by atoms with Crippen molar-refractivity contribution < 1.29 is 9.26 Å². The maximum atomic E-state index is 5.94. The Morgan fingerprint density at radius 3 is 2.80 bits per heavy atom. The van der Waals surface area contributed by atoms with Crippen LogP contribution in [0, 0.1) is 6.92 Å². The molecule has 2 aromatic heterocycles. The average Bonchev–Trinajstić information content (AvgIpc) is 3.08. The summed E-state index contributed by atoms with van der Waals surface area (Å²) in [6.07, 6.45) is 0. The summed E-state index contributed by atoms with van der Waals surface area (Å²) in [4.78, 5) is 0. The fraction of sp³-hybridized carbons (Fsp3) is 0.133. The summed E-state index contributed by atoms with van der Waals surface area (Å²) >= 11 is 1.61. The van der Waals surface area contributed by atoms with Crippen molar-refractivity contribution in [3.63, 3.8) is 0 Å². The number of hydrogen-bond donors (Lipinski definition) is 1. The van der Waals surface area contributed by atoms with Gasteiger partial charge in [-0.3, -0.25) is 0 Å². The molecule has 0 unspecified atom stereocenters. The molecule has 0 aliphatic rings. The fourth-order valence-electron chi connectivity index (χ4n) is 2.15. The van der Waals surface area contributed by atoms with Crippen LogP contribution >= 0.6 is 11.3 Å². The van der Waals surface area contributed by atoms with Gasteiger partial charge in [0, 0.05) is 10.9 Å². The third-order valence-electron chi connectivity index (χ3n) is 3.21. The van der Waals surface area contributed by atoms with Gasteiger partial charge in [0.15, 0.2) is 0 Å². The van der Waals surface area contributed by atoms with Crippen LogP contribution in [0.2, 0.25) is 0 Å². The molecule has 20 heavy (non-hydrogen) atoms. The molecule has 3 rings (SSSR count). The lowest BCUT2D eigenvalue weighted by atomic mass is 10.0. The minimum atomic E-state index is 0.317. The molecule has 3 aromatic rings. The number of nitrogens with zero attached hydrogens (tertiary/aromatic N) is 1. The van der Waals surface area contributed by atoms with Crippen LogP contribution in [0.4, 0.5) is 5.88 Å². The van der Waals surface area contributed by atoms with E-state index >= 15 is 0 Å².